The number of aliphatic carboxylic acids is 1. The molecule has 0 bridgehead atoms. The van der Waals surface area contributed by atoms with Gasteiger partial charge in [0.25, 0.3) is 0 Å². The van der Waals surface area contributed by atoms with Gasteiger partial charge in [0.1, 0.15) is 6.04 Å². The van der Waals surface area contributed by atoms with E-state index in [0.717, 1.165) is 11.8 Å². The van der Waals surface area contributed by atoms with Crippen LogP contribution in [0, 0.1) is 5.92 Å². The number of thioether (sulfide) groups is 1. The van der Waals surface area contributed by atoms with Gasteiger partial charge < -0.3 is 19.5 Å². The van der Waals surface area contributed by atoms with Crippen molar-refractivity contribution in [2.24, 2.45) is 5.92 Å². The standard InChI is InChI=1S/C15H25NO6S/c1-5-21-15(22-6-2)7-12(14(19)20)16(9-15)13(18)10(3)8-23-11(4)17/h10,12H,5-9H2,1-4H3,(H,19,20)/t10-,12+/m1/s1. The molecule has 0 unspecified atom stereocenters. The van der Waals surface area contributed by atoms with E-state index in [1.54, 1.807) is 20.8 Å². The number of amides is 1. The Bertz CT molecular complexity index is 449. The third-order valence-electron chi connectivity index (χ3n) is 3.63. The van der Waals surface area contributed by atoms with Crippen molar-refractivity contribution < 1.29 is 29.0 Å². The number of likely N-dealkylation sites (tertiary alicyclic amines) is 1. The van der Waals surface area contributed by atoms with Crippen LogP contribution in [0.25, 0.3) is 0 Å². The lowest BCUT2D eigenvalue weighted by atomic mass is 10.1. The van der Waals surface area contributed by atoms with Gasteiger partial charge in [-0.1, -0.05) is 18.7 Å². The monoisotopic (exact) mass is 347 g/mol. The van der Waals surface area contributed by atoms with Gasteiger partial charge in [-0.15, -0.1) is 0 Å². The van der Waals surface area contributed by atoms with Gasteiger partial charge in [0, 0.05) is 38.2 Å². The summed E-state index contributed by atoms with van der Waals surface area (Å²) in [5.74, 6) is -2.58. The molecule has 0 aromatic rings. The van der Waals surface area contributed by atoms with Crippen LogP contribution >= 0.6 is 11.8 Å². The summed E-state index contributed by atoms with van der Waals surface area (Å²) in [5, 5.41) is 9.37. The summed E-state index contributed by atoms with van der Waals surface area (Å²) in [7, 11) is 0. The molecule has 132 valence electrons. The summed E-state index contributed by atoms with van der Waals surface area (Å²) in [6.45, 7) is 7.54. The molecule has 0 saturated carbocycles. The molecule has 0 aliphatic carbocycles. The molecule has 0 radical (unpaired) electrons. The maximum atomic E-state index is 12.6. The van der Waals surface area contributed by atoms with Gasteiger partial charge in [0.2, 0.25) is 5.91 Å². The Morgan fingerprint density at radius 1 is 1.30 bits per heavy atom. The van der Waals surface area contributed by atoms with E-state index in [-0.39, 0.29) is 24.0 Å². The van der Waals surface area contributed by atoms with Crippen molar-refractivity contribution >= 4 is 28.8 Å². The van der Waals surface area contributed by atoms with Crippen LogP contribution in [0.1, 0.15) is 34.1 Å². The first-order valence-electron chi connectivity index (χ1n) is 7.70. The van der Waals surface area contributed by atoms with Gasteiger partial charge in [-0.3, -0.25) is 9.59 Å². The topological polar surface area (TPSA) is 93.1 Å². The molecule has 1 heterocycles. The second-order valence-electron chi connectivity index (χ2n) is 5.50. The van der Waals surface area contributed by atoms with E-state index in [4.69, 9.17) is 9.47 Å². The minimum absolute atomic E-state index is 0.0705. The first-order valence-corrected chi connectivity index (χ1v) is 8.69. The number of ether oxygens (including phenoxy) is 2. The smallest absolute Gasteiger partial charge is 0.326 e. The molecule has 1 rings (SSSR count). The summed E-state index contributed by atoms with van der Waals surface area (Å²) < 4.78 is 11.3. The summed E-state index contributed by atoms with van der Waals surface area (Å²) in [6, 6.07) is -0.981. The number of carboxylic acid groups (broad SMARTS) is 1. The quantitative estimate of drug-likeness (QED) is 0.663. The Morgan fingerprint density at radius 3 is 2.30 bits per heavy atom. The van der Waals surface area contributed by atoms with E-state index >= 15 is 0 Å². The number of hydrogen-bond acceptors (Lipinski definition) is 6. The second kappa shape index (κ2) is 8.65. The molecule has 1 fully saturated rings. The van der Waals surface area contributed by atoms with Crippen LogP contribution in [-0.2, 0) is 23.9 Å². The van der Waals surface area contributed by atoms with Crippen molar-refractivity contribution in [3.63, 3.8) is 0 Å². The van der Waals surface area contributed by atoms with Crippen LogP contribution in [-0.4, -0.2) is 64.3 Å². The number of rotatable bonds is 8. The minimum atomic E-state index is -1.08. The third kappa shape index (κ3) is 5.19. The molecule has 1 amide bonds. The molecule has 1 aliphatic heterocycles. The molecule has 8 heteroatoms. The summed E-state index contributed by atoms with van der Waals surface area (Å²) in [5.41, 5.74) is 0. The zero-order chi connectivity index (χ0) is 17.6. The molecule has 0 aromatic carbocycles. The lowest BCUT2D eigenvalue weighted by Crippen LogP contribution is -2.45. The van der Waals surface area contributed by atoms with Crippen molar-refractivity contribution in [1.29, 1.82) is 0 Å². The molecule has 0 aromatic heterocycles. The Morgan fingerprint density at radius 2 is 1.87 bits per heavy atom. The maximum Gasteiger partial charge on any atom is 0.326 e. The van der Waals surface area contributed by atoms with Gasteiger partial charge in [0.15, 0.2) is 10.9 Å². The number of carboxylic acids is 1. The highest BCUT2D eigenvalue weighted by Gasteiger charge is 2.51. The van der Waals surface area contributed by atoms with Crippen molar-refractivity contribution in [3.8, 4) is 0 Å². The lowest BCUT2D eigenvalue weighted by molar-refractivity contribution is -0.223. The Balaban J connectivity index is 2.91. The average Bonchev–Trinajstić information content (AvgIpc) is 2.84. The Hall–Kier alpha value is -1.12. The van der Waals surface area contributed by atoms with E-state index in [1.807, 2.05) is 0 Å². The fourth-order valence-electron chi connectivity index (χ4n) is 2.66. The van der Waals surface area contributed by atoms with Crippen LogP contribution in [0.3, 0.4) is 0 Å². The molecule has 23 heavy (non-hydrogen) atoms. The number of carbonyl (C=O) groups is 3. The number of hydrogen-bond donors (Lipinski definition) is 1. The minimum Gasteiger partial charge on any atom is -0.480 e. The van der Waals surface area contributed by atoms with Crippen LogP contribution < -0.4 is 0 Å². The zero-order valence-corrected chi connectivity index (χ0v) is 14.9. The van der Waals surface area contributed by atoms with Gasteiger partial charge in [0.05, 0.1) is 6.54 Å². The van der Waals surface area contributed by atoms with Gasteiger partial charge in [-0.2, -0.15) is 0 Å². The third-order valence-corrected chi connectivity index (χ3v) is 4.71. The molecular weight excluding hydrogens is 322 g/mol. The Labute approximate surface area is 140 Å². The van der Waals surface area contributed by atoms with Crippen LogP contribution in [0.4, 0.5) is 0 Å². The summed E-state index contributed by atoms with van der Waals surface area (Å²) in [4.78, 5) is 36.5. The highest BCUT2D eigenvalue weighted by molar-refractivity contribution is 8.13. The fraction of sp³-hybridized carbons (Fsp3) is 0.800. The molecule has 1 saturated heterocycles. The average molecular weight is 347 g/mol. The first-order chi connectivity index (χ1) is 10.8. The van der Waals surface area contributed by atoms with Crippen molar-refractivity contribution in [2.75, 3.05) is 25.5 Å². The van der Waals surface area contributed by atoms with E-state index in [0.29, 0.717) is 19.0 Å². The summed E-state index contributed by atoms with van der Waals surface area (Å²) >= 11 is 1.06. The predicted octanol–water partition coefficient (Wildman–Crippen LogP) is 1.36. The van der Waals surface area contributed by atoms with Gasteiger partial charge >= 0.3 is 5.97 Å². The second-order valence-corrected chi connectivity index (χ2v) is 6.70. The molecular formula is C15H25NO6S. The zero-order valence-electron chi connectivity index (χ0n) is 14.0. The van der Waals surface area contributed by atoms with Crippen LogP contribution in [0.15, 0.2) is 0 Å². The summed E-state index contributed by atoms with van der Waals surface area (Å²) in [6.07, 6.45) is 0.0995. The first kappa shape index (κ1) is 19.9. The number of carbonyl (C=O) groups excluding carboxylic acids is 2. The molecule has 7 nitrogen and oxygen atoms in total. The SMILES string of the molecule is CCOC1(OCC)C[C@@H](C(=O)O)N(C(=O)[C@H](C)CSC(C)=O)C1. The fourth-order valence-corrected chi connectivity index (χ4v) is 3.29. The van der Waals surface area contributed by atoms with Crippen molar-refractivity contribution in [3.05, 3.63) is 0 Å². The largest absolute Gasteiger partial charge is 0.480 e. The van der Waals surface area contributed by atoms with Crippen LogP contribution in [0.2, 0.25) is 0 Å². The molecule has 2 atom stereocenters. The van der Waals surface area contributed by atoms with E-state index in [9.17, 15) is 19.5 Å². The normalized spacial score (nSPS) is 21.2. The molecule has 0 spiro atoms. The predicted molar refractivity (Wildman–Crippen MR) is 86.0 cm³/mol. The van der Waals surface area contributed by atoms with Gasteiger partial charge in [-0.25, -0.2) is 4.79 Å². The van der Waals surface area contributed by atoms with Crippen molar-refractivity contribution in [1.82, 2.24) is 4.90 Å². The maximum absolute atomic E-state index is 12.6. The Kier molecular flexibility index (Phi) is 7.50. The van der Waals surface area contributed by atoms with Crippen molar-refractivity contribution in [2.45, 2.75) is 45.9 Å². The lowest BCUT2D eigenvalue weighted by Gasteiger charge is -2.29. The van der Waals surface area contributed by atoms with E-state index in [2.05, 4.69) is 0 Å². The molecule has 1 N–H and O–H groups in total. The van der Waals surface area contributed by atoms with E-state index in [1.165, 1.54) is 11.8 Å². The number of nitrogens with zero attached hydrogens (tertiary/aromatic N) is 1. The highest BCUT2D eigenvalue weighted by atomic mass is 32.2. The van der Waals surface area contributed by atoms with E-state index < -0.39 is 23.7 Å². The molecule has 1 aliphatic rings. The highest BCUT2D eigenvalue weighted by Crippen LogP contribution is 2.33. The van der Waals surface area contributed by atoms with Crippen LogP contribution in [0.5, 0.6) is 0 Å². The van der Waals surface area contributed by atoms with Gasteiger partial charge in [-0.05, 0) is 13.8 Å².